The average Bonchev–Trinajstić information content (AvgIpc) is 3.04. The van der Waals surface area contributed by atoms with E-state index in [0.717, 1.165) is 5.56 Å². The average molecular weight is 400 g/mol. The molecule has 3 aromatic rings. The number of fused-ring (bicyclic) bond motifs is 3. The normalized spacial score (nSPS) is 16.4. The fourth-order valence-corrected chi connectivity index (χ4v) is 4.10. The van der Waals surface area contributed by atoms with Gasteiger partial charge in [0.2, 0.25) is 5.95 Å². The van der Waals surface area contributed by atoms with Crippen LogP contribution in [0.1, 0.15) is 43.3 Å². The number of methoxy groups -OCH3 is 1. The number of rotatable bonds is 2. The van der Waals surface area contributed by atoms with Gasteiger partial charge in [-0.3, -0.25) is 14.6 Å². The number of nitrogens with zero attached hydrogens (tertiary/aromatic N) is 1. The number of H-pyrrole nitrogens is 1. The summed E-state index contributed by atoms with van der Waals surface area (Å²) in [6, 6.07) is 13.9. The van der Waals surface area contributed by atoms with Crippen LogP contribution >= 0.6 is 0 Å². The number of nitrogens with one attached hydrogen (secondary N) is 2. The molecule has 0 fully saturated rings. The van der Waals surface area contributed by atoms with Gasteiger partial charge in [-0.2, -0.15) is 4.98 Å². The first kappa shape index (κ1) is 17.9. The van der Waals surface area contributed by atoms with Crippen molar-refractivity contribution in [3.05, 3.63) is 92.3 Å². The second-order valence-corrected chi connectivity index (χ2v) is 7.05. The van der Waals surface area contributed by atoms with E-state index in [1.54, 1.807) is 36.4 Å². The molecule has 0 spiro atoms. The van der Waals surface area contributed by atoms with Crippen LogP contribution in [0.4, 0.5) is 11.8 Å². The molecule has 1 aliphatic carbocycles. The number of hydrogen-bond acceptors (Lipinski definition) is 7. The summed E-state index contributed by atoms with van der Waals surface area (Å²) in [6.07, 6.45) is 0. The number of anilines is 2. The molecule has 4 N–H and O–H groups in total. The molecule has 2 aromatic carbocycles. The van der Waals surface area contributed by atoms with Gasteiger partial charge in [-0.05, 0) is 17.7 Å². The number of benzene rings is 2. The smallest absolute Gasteiger partial charge is 0.337 e. The second kappa shape index (κ2) is 6.41. The number of aromatic nitrogens is 2. The van der Waals surface area contributed by atoms with Crippen molar-refractivity contribution in [2.24, 2.45) is 0 Å². The van der Waals surface area contributed by atoms with Crippen LogP contribution in [0.5, 0.6) is 0 Å². The number of ketones is 1. The lowest BCUT2D eigenvalue weighted by Gasteiger charge is -2.27. The van der Waals surface area contributed by atoms with Crippen molar-refractivity contribution < 1.29 is 14.3 Å². The van der Waals surface area contributed by atoms with Gasteiger partial charge in [0.15, 0.2) is 5.78 Å². The van der Waals surface area contributed by atoms with Gasteiger partial charge in [-0.15, -0.1) is 0 Å². The van der Waals surface area contributed by atoms with Gasteiger partial charge in [-0.25, -0.2) is 4.79 Å². The van der Waals surface area contributed by atoms with E-state index in [2.05, 4.69) is 15.3 Å². The molecule has 0 unspecified atom stereocenters. The van der Waals surface area contributed by atoms with Crippen LogP contribution < -0.4 is 16.6 Å². The van der Waals surface area contributed by atoms with E-state index >= 15 is 0 Å². The lowest BCUT2D eigenvalue weighted by molar-refractivity contribution is 0.0600. The number of hydrogen-bond donors (Lipinski definition) is 3. The first-order chi connectivity index (χ1) is 14.5. The first-order valence-corrected chi connectivity index (χ1v) is 9.23. The fourth-order valence-electron chi connectivity index (χ4n) is 4.10. The third-order valence-corrected chi connectivity index (χ3v) is 5.41. The predicted molar refractivity (Wildman–Crippen MR) is 110 cm³/mol. The third kappa shape index (κ3) is 2.47. The van der Waals surface area contributed by atoms with Crippen LogP contribution in [0.2, 0.25) is 0 Å². The number of carbonyl (C=O) groups excluding carboxylic acids is 2. The number of nitrogen functional groups attached to an aromatic ring is 1. The van der Waals surface area contributed by atoms with Crippen molar-refractivity contribution in [1.29, 1.82) is 0 Å². The van der Waals surface area contributed by atoms with Gasteiger partial charge in [0.1, 0.15) is 5.82 Å². The highest BCUT2D eigenvalue weighted by molar-refractivity contribution is 6.23. The van der Waals surface area contributed by atoms with Gasteiger partial charge >= 0.3 is 5.97 Å². The molecular formula is C22H16N4O4. The molecule has 148 valence electrons. The Hall–Kier alpha value is -4.20. The lowest BCUT2D eigenvalue weighted by atomic mass is 9.81. The minimum Gasteiger partial charge on any atom is -0.465 e. The van der Waals surface area contributed by atoms with Crippen LogP contribution in [-0.2, 0) is 4.74 Å². The zero-order chi connectivity index (χ0) is 21.0. The van der Waals surface area contributed by atoms with Crippen molar-refractivity contribution in [1.82, 2.24) is 9.97 Å². The second-order valence-electron chi connectivity index (χ2n) is 7.05. The molecule has 0 bridgehead atoms. The maximum absolute atomic E-state index is 13.3. The maximum Gasteiger partial charge on any atom is 0.337 e. The Morgan fingerprint density at radius 2 is 1.77 bits per heavy atom. The van der Waals surface area contributed by atoms with Crippen LogP contribution in [0, 0.1) is 0 Å². The molecule has 8 nitrogen and oxygen atoms in total. The van der Waals surface area contributed by atoms with Gasteiger partial charge in [0, 0.05) is 22.6 Å². The van der Waals surface area contributed by atoms with Crippen molar-refractivity contribution >= 4 is 29.2 Å². The molecule has 1 atom stereocenters. The van der Waals surface area contributed by atoms with Crippen molar-refractivity contribution in [2.45, 2.75) is 5.92 Å². The van der Waals surface area contributed by atoms with Gasteiger partial charge < -0.3 is 15.8 Å². The molecule has 30 heavy (non-hydrogen) atoms. The van der Waals surface area contributed by atoms with Crippen LogP contribution in [0.15, 0.2) is 58.9 Å². The molecule has 1 aliphatic heterocycles. The summed E-state index contributed by atoms with van der Waals surface area (Å²) in [7, 11) is 1.31. The molecule has 2 heterocycles. The summed E-state index contributed by atoms with van der Waals surface area (Å²) in [5.74, 6) is -1.00. The summed E-state index contributed by atoms with van der Waals surface area (Å²) in [4.78, 5) is 44.7. The molecule has 1 aromatic heterocycles. The molecule has 0 saturated heterocycles. The summed E-state index contributed by atoms with van der Waals surface area (Å²) in [5, 5.41) is 3.14. The van der Waals surface area contributed by atoms with Crippen LogP contribution in [0.25, 0.3) is 5.70 Å². The van der Waals surface area contributed by atoms with E-state index in [1.165, 1.54) is 7.11 Å². The SMILES string of the molecule is COC(=O)c1ccc([C@H]2C3=C(Nc4nc(N)[nH]c(=O)c42)c2ccccc2C3=O)cc1. The predicted octanol–water partition coefficient (Wildman–Crippen LogP) is 2.30. The van der Waals surface area contributed by atoms with E-state index in [0.29, 0.717) is 39.3 Å². The van der Waals surface area contributed by atoms with E-state index < -0.39 is 17.4 Å². The number of allylic oxidation sites excluding steroid dienone is 1. The number of nitrogens with two attached hydrogens (primary N) is 1. The largest absolute Gasteiger partial charge is 0.465 e. The summed E-state index contributed by atoms with van der Waals surface area (Å²) < 4.78 is 4.75. The highest BCUT2D eigenvalue weighted by Gasteiger charge is 2.41. The molecular weight excluding hydrogens is 384 g/mol. The standard InChI is InChI=1S/C22H16N4O4/c1-30-21(29)11-8-6-10(7-9-11)14-15-17(12-4-2-3-5-13(12)18(15)27)24-19-16(14)20(28)26-22(23)25-19/h2-9,14H,1H3,(H4,23,24,25,26,28)/t14-/m0/s1. The number of carbonyl (C=O) groups is 2. The molecule has 8 heteroatoms. The Labute approximate surface area is 170 Å². The Morgan fingerprint density at radius 1 is 1.07 bits per heavy atom. The Balaban J connectivity index is 1.75. The van der Waals surface area contributed by atoms with Gasteiger partial charge in [-0.1, -0.05) is 36.4 Å². The highest BCUT2D eigenvalue weighted by atomic mass is 16.5. The Bertz CT molecular complexity index is 1320. The summed E-state index contributed by atoms with van der Waals surface area (Å²) in [6.45, 7) is 0. The summed E-state index contributed by atoms with van der Waals surface area (Å²) >= 11 is 0. The monoisotopic (exact) mass is 400 g/mol. The summed E-state index contributed by atoms with van der Waals surface area (Å²) in [5.41, 5.74) is 9.06. The van der Waals surface area contributed by atoms with Gasteiger partial charge in [0.25, 0.3) is 5.56 Å². The van der Waals surface area contributed by atoms with Gasteiger partial charge in [0.05, 0.1) is 23.9 Å². The van der Waals surface area contributed by atoms with Crippen molar-refractivity contribution in [2.75, 3.05) is 18.2 Å². The number of Topliss-reactive ketones (excluding diaryl/α,β-unsaturated/α-hetero) is 1. The first-order valence-electron chi connectivity index (χ1n) is 9.23. The number of esters is 1. The maximum atomic E-state index is 13.3. The van der Waals surface area contributed by atoms with E-state index in [9.17, 15) is 14.4 Å². The zero-order valence-electron chi connectivity index (χ0n) is 15.9. The fraction of sp³-hybridized carbons (Fsp3) is 0.0909. The molecule has 0 saturated carbocycles. The quantitative estimate of drug-likeness (QED) is 0.563. The zero-order valence-corrected chi connectivity index (χ0v) is 15.9. The van der Waals surface area contributed by atoms with E-state index in [4.69, 9.17) is 10.5 Å². The van der Waals surface area contributed by atoms with Crippen molar-refractivity contribution in [3.8, 4) is 0 Å². The minimum absolute atomic E-state index is 0.0207. The Kier molecular flexibility index (Phi) is 3.82. The molecule has 0 amide bonds. The minimum atomic E-state index is -0.667. The highest BCUT2D eigenvalue weighted by Crippen LogP contribution is 2.47. The van der Waals surface area contributed by atoms with Crippen LogP contribution in [-0.4, -0.2) is 28.8 Å². The van der Waals surface area contributed by atoms with Crippen LogP contribution in [0.3, 0.4) is 0 Å². The number of aromatic amines is 1. The number of ether oxygens (including phenoxy) is 1. The van der Waals surface area contributed by atoms with E-state index in [-0.39, 0.29) is 11.7 Å². The lowest BCUT2D eigenvalue weighted by Crippen LogP contribution is -2.28. The third-order valence-electron chi connectivity index (χ3n) is 5.41. The molecule has 5 rings (SSSR count). The van der Waals surface area contributed by atoms with E-state index in [1.807, 2.05) is 12.1 Å². The van der Waals surface area contributed by atoms with Crippen molar-refractivity contribution in [3.63, 3.8) is 0 Å². The topological polar surface area (TPSA) is 127 Å². The molecule has 0 radical (unpaired) electrons. The molecule has 2 aliphatic rings. The Morgan fingerprint density at radius 3 is 2.47 bits per heavy atom.